The fourth-order valence-electron chi connectivity index (χ4n) is 2.72. The van der Waals surface area contributed by atoms with Crippen LogP contribution in [-0.2, 0) is 24.3 Å². The number of nitrogens with zero attached hydrogens (tertiary/aromatic N) is 1. The molecule has 1 aromatic carbocycles. The van der Waals surface area contributed by atoms with Crippen molar-refractivity contribution in [3.8, 4) is 0 Å². The number of ketones is 1. The Bertz CT molecular complexity index is 950. The van der Waals surface area contributed by atoms with Crippen molar-refractivity contribution in [1.29, 1.82) is 5.41 Å². The number of aliphatic hydroxyl groups excluding tert-OH is 1. The van der Waals surface area contributed by atoms with Crippen LogP contribution in [0.25, 0.3) is 0 Å². The number of nitrogens with one attached hydrogen (secondary N) is 1. The number of aliphatic hydroxyl groups is 1. The van der Waals surface area contributed by atoms with Crippen LogP contribution in [0.1, 0.15) is 24.2 Å². The molecule has 0 unspecified atom stereocenters. The van der Waals surface area contributed by atoms with Gasteiger partial charge in [-0.1, -0.05) is 0 Å². The van der Waals surface area contributed by atoms with Gasteiger partial charge in [0.25, 0.3) is 0 Å². The molecule has 1 aliphatic heterocycles. The number of esters is 1. The molecule has 158 valence electrons. The predicted molar refractivity (Wildman–Crippen MR) is 100.0 cm³/mol. The van der Waals surface area contributed by atoms with E-state index in [1.807, 2.05) is 0 Å². The summed E-state index contributed by atoms with van der Waals surface area (Å²) in [6.45, 7) is 2.35. The topological polar surface area (TPSA) is 134 Å². The van der Waals surface area contributed by atoms with E-state index in [1.165, 1.54) is 11.2 Å². The number of benzene rings is 1. The monoisotopic (exact) mass is 428 g/mol. The standard InChI is InChI=1S/C18H21FN2O7S/c1-11(20)17(12(2)22)16(23)10-28-18(24)14-9-13(3-4-15(14)19)29(25,26)21-5-7-27-8-6-21/h3-4,9,20,23H,5-8,10H2,1-2H3/b17-16-,20-11?. The predicted octanol–water partition coefficient (Wildman–Crippen LogP) is 1.44. The van der Waals surface area contributed by atoms with Crippen molar-refractivity contribution in [3.63, 3.8) is 0 Å². The largest absolute Gasteiger partial charge is 0.508 e. The lowest BCUT2D eigenvalue weighted by Gasteiger charge is -2.26. The maximum atomic E-state index is 14.1. The lowest BCUT2D eigenvalue weighted by atomic mass is 10.1. The van der Waals surface area contributed by atoms with Gasteiger partial charge in [-0.05, 0) is 32.0 Å². The van der Waals surface area contributed by atoms with Crippen LogP contribution in [0.4, 0.5) is 4.39 Å². The lowest BCUT2D eigenvalue weighted by Crippen LogP contribution is -2.40. The second kappa shape index (κ2) is 9.25. The van der Waals surface area contributed by atoms with Crippen molar-refractivity contribution in [2.75, 3.05) is 32.9 Å². The molecule has 9 nitrogen and oxygen atoms in total. The molecule has 1 aromatic rings. The lowest BCUT2D eigenvalue weighted by molar-refractivity contribution is -0.113. The third-order valence-electron chi connectivity index (χ3n) is 4.12. The van der Waals surface area contributed by atoms with E-state index in [0.29, 0.717) is 0 Å². The number of carbonyl (C=O) groups is 2. The molecule has 2 rings (SSSR count). The second-order valence-electron chi connectivity index (χ2n) is 6.24. The average Bonchev–Trinajstić information content (AvgIpc) is 2.66. The van der Waals surface area contributed by atoms with Gasteiger partial charge in [0.2, 0.25) is 10.0 Å². The number of Topliss-reactive ketones (excluding diaryl/α,β-unsaturated/α-hetero) is 1. The first-order valence-electron chi connectivity index (χ1n) is 8.59. The van der Waals surface area contributed by atoms with E-state index in [9.17, 15) is 27.5 Å². The number of morpholine rings is 1. The van der Waals surface area contributed by atoms with Crippen molar-refractivity contribution >= 4 is 27.5 Å². The minimum atomic E-state index is -3.95. The van der Waals surface area contributed by atoms with Crippen molar-refractivity contribution in [2.24, 2.45) is 0 Å². The number of allylic oxidation sites excluding steroid dienone is 1. The Morgan fingerprint density at radius 3 is 2.45 bits per heavy atom. The molecular weight excluding hydrogens is 407 g/mol. The molecule has 11 heteroatoms. The van der Waals surface area contributed by atoms with Gasteiger partial charge in [0.15, 0.2) is 5.78 Å². The minimum Gasteiger partial charge on any atom is -0.508 e. The minimum absolute atomic E-state index is 0.134. The maximum Gasteiger partial charge on any atom is 0.341 e. The summed E-state index contributed by atoms with van der Waals surface area (Å²) >= 11 is 0. The first kappa shape index (κ1) is 22.7. The van der Waals surface area contributed by atoms with Crippen LogP contribution < -0.4 is 0 Å². The zero-order valence-corrected chi connectivity index (χ0v) is 16.7. The van der Waals surface area contributed by atoms with Crippen LogP contribution in [-0.4, -0.2) is 68.2 Å². The molecule has 0 aliphatic carbocycles. The average molecular weight is 428 g/mol. The van der Waals surface area contributed by atoms with E-state index < -0.39 is 45.5 Å². The highest BCUT2D eigenvalue weighted by atomic mass is 32.2. The molecule has 2 N–H and O–H groups in total. The van der Waals surface area contributed by atoms with Crippen molar-refractivity contribution in [1.82, 2.24) is 4.31 Å². The SMILES string of the molecule is CC(=N)/C(C(C)=O)=C(/O)COC(=O)c1cc(S(=O)(=O)N2CCOCC2)ccc1F. The molecule has 0 atom stereocenters. The summed E-state index contributed by atoms with van der Waals surface area (Å²) in [6, 6.07) is 2.74. The van der Waals surface area contributed by atoms with E-state index in [0.717, 1.165) is 25.1 Å². The van der Waals surface area contributed by atoms with E-state index in [-0.39, 0.29) is 42.5 Å². The molecule has 0 amide bonds. The first-order chi connectivity index (χ1) is 13.6. The number of rotatable bonds is 7. The van der Waals surface area contributed by atoms with Crippen LogP contribution in [0, 0.1) is 11.2 Å². The summed E-state index contributed by atoms with van der Waals surface area (Å²) in [5.74, 6) is -3.49. The molecular formula is C18H21FN2O7S. The molecule has 1 saturated heterocycles. The van der Waals surface area contributed by atoms with E-state index >= 15 is 0 Å². The zero-order valence-electron chi connectivity index (χ0n) is 15.9. The molecule has 0 spiro atoms. The van der Waals surface area contributed by atoms with Gasteiger partial charge in [-0.25, -0.2) is 17.6 Å². The number of ether oxygens (including phenoxy) is 2. The van der Waals surface area contributed by atoms with Crippen LogP contribution in [0.3, 0.4) is 0 Å². The Morgan fingerprint density at radius 1 is 1.28 bits per heavy atom. The van der Waals surface area contributed by atoms with E-state index in [2.05, 4.69) is 0 Å². The Kier molecular flexibility index (Phi) is 7.22. The van der Waals surface area contributed by atoms with E-state index in [1.54, 1.807) is 0 Å². The van der Waals surface area contributed by atoms with Crippen LogP contribution in [0.2, 0.25) is 0 Å². The number of hydrogen-bond donors (Lipinski definition) is 2. The number of halogens is 1. The summed E-state index contributed by atoms with van der Waals surface area (Å²) < 4.78 is 50.5. The van der Waals surface area contributed by atoms with Crippen LogP contribution in [0.15, 0.2) is 34.4 Å². The van der Waals surface area contributed by atoms with Gasteiger partial charge in [0.1, 0.15) is 18.2 Å². The third-order valence-corrected chi connectivity index (χ3v) is 6.02. The molecule has 0 radical (unpaired) electrons. The summed E-state index contributed by atoms with van der Waals surface area (Å²) in [4.78, 5) is 23.4. The number of hydrogen-bond acceptors (Lipinski definition) is 8. The summed E-state index contributed by atoms with van der Waals surface area (Å²) in [5.41, 5.74) is -1.18. The first-order valence-corrected chi connectivity index (χ1v) is 10.0. The summed E-state index contributed by atoms with van der Waals surface area (Å²) in [7, 11) is -3.95. The molecule has 1 heterocycles. The van der Waals surface area contributed by atoms with Gasteiger partial charge in [-0.15, -0.1) is 0 Å². The number of carbonyl (C=O) groups excluding carboxylic acids is 2. The highest BCUT2D eigenvalue weighted by Gasteiger charge is 2.28. The molecule has 0 aromatic heterocycles. The highest BCUT2D eigenvalue weighted by Crippen LogP contribution is 2.21. The number of sulfonamides is 1. The Morgan fingerprint density at radius 2 is 1.90 bits per heavy atom. The third kappa shape index (κ3) is 5.25. The fraction of sp³-hybridized carbons (Fsp3) is 0.389. The molecule has 0 saturated carbocycles. The Balaban J connectivity index is 2.25. The molecule has 1 aliphatic rings. The smallest absolute Gasteiger partial charge is 0.341 e. The van der Waals surface area contributed by atoms with E-state index in [4.69, 9.17) is 14.9 Å². The van der Waals surface area contributed by atoms with Crippen molar-refractivity contribution in [3.05, 3.63) is 40.9 Å². The summed E-state index contributed by atoms with van der Waals surface area (Å²) in [6.07, 6.45) is 0. The van der Waals surface area contributed by atoms with Gasteiger partial charge in [0.05, 0.1) is 29.2 Å². The molecule has 0 bridgehead atoms. The molecule has 29 heavy (non-hydrogen) atoms. The second-order valence-corrected chi connectivity index (χ2v) is 8.18. The maximum absolute atomic E-state index is 14.1. The zero-order chi connectivity index (χ0) is 21.8. The van der Waals surface area contributed by atoms with Gasteiger partial charge in [0, 0.05) is 18.8 Å². The molecule has 1 fully saturated rings. The van der Waals surface area contributed by atoms with Crippen LogP contribution in [0.5, 0.6) is 0 Å². The van der Waals surface area contributed by atoms with Gasteiger partial charge in [-0.3, -0.25) is 4.79 Å². The van der Waals surface area contributed by atoms with Crippen molar-refractivity contribution < 1.29 is 37.0 Å². The van der Waals surface area contributed by atoms with Gasteiger partial charge >= 0.3 is 5.97 Å². The Labute approximate surface area is 167 Å². The quantitative estimate of drug-likeness (QED) is 0.290. The Hall–Kier alpha value is -2.63. The van der Waals surface area contributed by atoms with Crippen LogP contribution >= 0.6 is 0 Å². The summed E-state index contributed by atoms with van der Waals surface area (Å²) in [5, 5.41) is 17.4. The van der Waals surface area contributed by atoms with Crippen molar-refractivity contribution in [2.45, 2.75) is 18.7 Å². The van der Waals surface area contributed by atoms with Gasteiger partial charge in [-0.2, -0.15) is 4.31 Å². The highest BCUT2D eigenvalue weighted by molar-refractivity contribution is 7.89. The van der Waals surface area contributed by atoms with Gasteiger partial charge < -0.3 is 20.0 Å². The fourth-order valence-corrected chi connectivity index (χ4v) is 4.16. The normalized spacial score (nSPS) is 16.1.